The Morgan fingerprint density at radius 2 is 1.97 bits per heavy atom. The van der Waals surface area contributed by atoms with Crippen LogP contribution in [0.2, 0.25) is 0 Å². The molecule has 2 fully saturated rings. The van der Waals surface area contributed by atoms with Gasteiger partial charge in [0.25, 0.3) is 0 Å². The summed E-state index contributed by atoms with van der Waals surface area (Å²) in [7, 11) is 1.76. The zero-order chi connectivity index (χ0) is 24.2. The maximum absolute atomic E-state index is 15.1. The highest BCUT2D eigenvalue weighted by molar-refractivity contribution is 6.07. The van der Waals surface area contributed by atoms with Crippen molar-refractivity contribution >= 4 is 17.4 Å². The molecule has 2 aliphatic heterocycles. The lowest BCUT2D eigenvalue weighted by Crippen LogP contribution is -2.42. The highest BCUT2D eigenvalue weighted by Gasteiger charge is 2.43. The molecule has 176 valence electrons. The van der Waals surface area contributed by atoms with Crippen molar-refractivity contribution in [2.24, 2.45) is 11.8 Å². The third-order valence-corrected chi connectivity index (χ3v) is 8.06. The van der Waals surface area contributed by atoms with E-state index in [0.717, 1.165) is 36.1 Å². The first-order valence-corrected chi connectivity index (χ1v) is 12.1. The second-order valence-electron chi connectivity index (χ2n) is 10.6. The van der Waals surface area contributed by atoms with Gasteiger partial charge in [-0.2, -0.15) is 5.26 Å². The number of halogens is 1. The number of ketones is 1. The Kier molecular flexibility index (Phi) is 5.56. The standard InChI is InChI=1S/C28H30FN3O2/c1-28(2)22-9-7-18(14-24(22)32(3)27(28)34)17-4-5-19(23(29)13-17)10-16(15-30)11-25(33)26-20-6-8-21(12-20)31-26/h4-5,7,9,13-14,16,20-21,26,31H,6,8,10-12H2,1-3H3/t16-,20+,21-,26+/m1/s1. The molecule has 34 heavy (non-hydrogen) atoms. The number of carbonyl (C=O) groups excluding carboxylic acids is 2. The highest BCUT2D eigenvalue weighted by atomic mass is 19.1. The van der Waals surface area contributed by atoms with Crippen LogP contribution in [0.5, 0.6) is 0 Å². The number of rotatable bonds is 6. The Morgan fingerprint density at radius 1 is 1.24 bits per heavy atom. The molecular formula is C28H30FN3O2. The first kappa shape index (κ1) is 22.7. The molecule has 1 N–H and O–H groups in total. The quantitative estimate of drug-likeness (QED) is 0.689. The van der Waals surface area contributed by atoms with Crippen LogP contribution in [0.15, 0.2) is 36.4 Å². The Bertz CT molecular complexity index is 1210. The van der Waals surface area contributed by atoms with Gasteiger partial charge in [-0.3, -0.25) is 9.59 Å². The van der Waals surface area contributed by atoms with Gasteiger partial charge in [0, 0.05) is 25.2 Å². The van der Waals surface area contributed by atoms with Crippen molar-refractivity contribution in [3.8, 4) is 17.2 Å². The number of amides is 1. The molecule has 6 heteroatoms. The predicted octanol–water partition coefficient (Wildman–Crippen LogP) is 4.53. The molecule has 1 amide bonds. The minimum atomic E-state index is -0.574. The van der Waals surface area contributed by atoms with Crippen molar-refractivity contribution in [3.05, 3.63) is 53.3 Å². The van der Waals surface area contributed by atoms with E-state index in [0.29, 0.717) is 23.1 Å². The van der Waals surface area contributed by atoms with Gasteiger partial charge in [0.15, 0.2) is 5.78 Å². The number of Topliss-reactive ketones (excluding diaryl/α,β-unsaturated/α-hetero) is 1. The fraction of sp³-hybridized carbons (Fsp3) is 0.464. The molecule has 5 nitrogen and oxygen atoms in total. The number of nitrogens with one attached hydrogen (secondary N) is 1. The molecule has 1 aliphatic carbocycles. The van der Waals surface area contributed by atoms with Crippen LogP contribution in [0, 0.1) is 29.0 Å². The minimum absolute atomic E-state index is 0.0407. The van der Waals surface area contributed by atoms with Gasteiger partial charge in [-0.05, 0) is 79.8 Å². The third kappa shape index (κ3) is 3.73. The summed E-state index contributed by atoms with van der Waals surface area (Å²) < 4.78 is 15.1. The van der Waals surface area contributed by atoms with Crippen LogP contribution in [0.4, 0.5) is 10.1 Å². The zero-order valence-electron chi connectivity index (χ0n) is 19.9. The van der Waals surface area contributed by atoms with E-state index in [9.17, 15) is 14.9 Å². The molecule has 0 radical (unpaired) electrons. The van der Waals surface area contributed by atoms with Gasteiger partial charge >= 0.3 is 0 Å². The van der Waals surface area contributed by atoms with Gasteiger partial charge < -0.3 is 10.2 Å². The molecule has 0 unspecified atom stereocenters. The van der Waals surface area contributed by atoms with Crippen LogP contribution < -0.4 is 10.2 Å². The van der Waals surface area contributed by atoms with E-state index in [2.05, 4.69) is 11.4 Å². The van der Waals surface area contributed by atoms with Crippen LogP contribution in [0.3, 0.4) is 0 Å². The Labute approximate surface area is 200 Å². The molecule has 1 saturated heterocycles. The van der Waals surface area contributed by atoms with E-state index >= 15 is 4.39 Å². The highest BCUT2D eigenvalue weighted by Crippen LogP contribution is 2.42. The second kappa shape index (κ2) is 8.32. The van der Waals surface area contributed by atoms with E-state index in [-0.39, 0.29) is 36.4 Å². The average Bonchev–Trinajstić information content (AvgIpc) is 3.50. The summed E-state index contributed by atoms with van der Waals surface area (Å²) in [6.45, 7) is 3.82. The van der Waals surface area contributed by atoms with Crippen molar-refractivity contribution in [1.82, 2.24) is 5.32 Å². The monoisotopic (exact) mass is 459 g/mol. The number of carbonyl (C=O) groups is 2. The lowest BCUT2D eigenvalue weighted by Gasteiger charge is -2.22. The summed E-state index contributed by atoms with van der Waals surface area (Å²) >= 11 is 0. The first-order valence-electron chi connectivity index (χ1n) is 12.1. The van der Waals surface area contributed by atoms with Crippen LogP contribution in [0.1, 0.15) is 50.7 Å². The first-order chi connectivity index (χ1) is 16.2. The van der Waals surface area contributed by atoms with E-state index in [1.165, 1.54) is 6.07 Å². The maximum Gasteiger partial charge on any atom is 0.236 e. The molecular weight excluding hydrogens is 429 g/mol. The Balaban J connectivity index is 1.31. The largest absolute Gasteiger partial charge is 0.314 e. The van der Waals surface area contributed by atoms with Crippen molar-refractivity contribution in [1.29, 1.82) is 5.26 Å². The van der Waals surface area contributed by atoms with Crippen molar-refractivity contribution in [2.75, 3.05) is 11.9 Å². The Morgan fingerprint density at radius 3 is 2.62 bits per heavy atom. The summed E-state index contributed by atoms with van der Waals surface area (Å²) in [5.74, 6) is -0.418. The van der Waals surface area contributed by atoms with Gasteiger partial charge in [0.05, 0.1) is 23.4 Å². The molecule has 2 aromatic carbocycles. The van der Waals surface area contributed by atoms with Gasteiger partial charge in [0.2, 0.25) is 5.91 Å². The summed E-state index contributed by atoms with van der Waals surface area (Å²) in [4.78, 5) is 27.0. The number of piperidine rings is 1. The van der Waals surface area contributed by atoms with Gasteiger partial charge in [0.1, 0.15) is 5.82 Å². The van der Waals surface area contributed by atoms with Gasteiger partial charge in [-0.15, -0.1) is 0 Å². The molecule has 4 atom stereocenters. The average molecular weight is 460 g/mol. The molecule has 5 rings (SSSR count). The smallest absolute Gasteiger partial charge is 0.236 e. The predicted molar refractivity (Wildman–Crippen MR) is 129 cm³/mol. The number of hydrogen-bond acceptors (Lipinski definition) is 4. The molecule has 1 saturated carbocycles. The fourth-order valence-electron chi connectivity index (χ4n) is 6.07. The Hall–Kier alpha value is -3.04. The number of likely N-dealkylation sites (N-methyl/N-ethyl adjacent to an activating group) is 1. The number of nitrogens with zero attached hydrogens (tertiary/aromatic N) is 2. The number of benzene rings is 2. The van der Waals surface area contributed by atoms with Crippen LogP contribution in [0.25, 0.3) is 11.1 Å². The number of fused-ring (bicyclic) bond motifs is 3. The fourth-order valence-corrected chi connectivity index (χ4v) is 6.07. The van der Waals surface area contributed by atoms with E-state index in [1.54, 1.807) is 18.0 Å². The van der Waals surface area contributed by atoms with Crippen LogP contribution >= 0.6 is 0 Å². The number of hydrogen-bond donors (Lipinski definition) is 1. The summed E-state index contributed by atoms with van der Waals surface area (Å²) in [6.07, 6.45) is 3.62. The third-order valence-electron chi connectivity index (χ3n) is 8.06. The zero-order valence-corrected chi connectivity index (χ0v) is 19.9. The number of anilines is 1. The van der Waals surface area contributed by atoms with Crippen LogP contribution in [-0.4, -0.2) is 30.8 Å². The maximum atomic E-state index is 15.1. The summed E-state index contributed by atoms with van der Waals surface area (Å²) in [5, 5.41) is 13.0. The van der Waals surface area contributed by atoms with Gasteiger partial charge in [-0.1, -0.05) is 24.3 Å². The second-order valence-corrected chi connectivity index (χ2v) is 10.6. The molecule has 2 heterocycles. The van der Waals surface area contributed by atoms with E-state index in [4.69, 9.17) is 0 Å². The molecule has 3 aliphatic rings. The number of nitriles is 1. The lowest BCUT2D eigenvalue weighted by atomic mass is 9.85. The molecule has 0 aromatic heterocycles. The molecule has 0 spiro atoms. The van der Waals surface area contributed by atoms with Crippen molar-refractivity contribution in [2.45, 2.75) is 63.5 Å². The lowest BCUT2D eigenvalue weighted by molar-refractivity contribution is -0.123. The van der Waals surface area contributed by atoms with Crippen LogP contribution in [-0.2, 0) is 21.4 Å². The molecule has 2 aromatic rings. The molecule has 2 bridgehead atoms. The normalized spacial score (nSPS) is 25.3. The van der Waals surface area contributed by atoms with Crippen molar-refractivity contribution in [3.63, 3.8) is 0 Å². The van der Waals surface area contributed by atoms with Gasteiger partial charge in [-0.25, -0.2) is 4.39 Å². The summed E-state index contributed by atoms with van der Waals surface area (Å²) in [6, 6.07) is 13.3. The summed E-state index contributed by atoms with van der Waals surface area (Å²) in [5.41, 5.74) is 3.22. The SMILES string of the molecule is CN1C(=O)C(C)(C)c2ccc(-c3ccc(C[C@@H](C#N)CC(=O)[C@H]4N[C@@H]5CC[C@H]4C5)c(F)c3)cc21. The van der Waals surface area contributed by atoms with E-state index in [1.807, 2.05) is 38.1 Å². The van der Waals surface area contributed by atoms with E-state index < -0.39 is 11.3 Å². The minimum Gasteiger partial charge on any atom is -0.314 e. The van der Waals surface area contributed by atoms with Crippen molar-refractivity contribution < 1.29 is 14.0 Å². The topological polar surface area (TPSA) is 73.2 Å².